The molecule has 4 aromatic carbocycles. The largest absolute Gasteiger partial charge is 0.493 e. The first-order chi connectivity index (χ1) is 20.5. The number of ether oxygens (including phenoxy) is 1. The minimum absolute atomic E-state index is 0. The molecule has 0 aliphatic heterocycles. The summed E-state index contributed by atoms with van der Waals surface area (Å²) in [6.07, 6.45) is 5.29. The number of aromatic nitrogens is 4. The van der Waals surface area contributed by atoms with Gasteiger partial charge in [0.2, 0.25) is 0 Å². The zero-order chi connectivity index (χ0) is 28.8. The number of hydrogen-bond acceptors (Lipinski definition) is 3. The predicted octanol–water partition coefficient (Wildman–Crippen LogP) is 8.92. The molecule has 0 aliphatic rings. The second kappa shape index (κ2) is 11.8. The molecule has 8 aromatic rings. The number of benzene rings is 4. The molecular weight excluding hydrogens is 709 g/mol. The van der Waals surface area contributed by atoms with E-state index in [4.69, 9.17) is 4.74 Å². The van der Waals surface area contributed by atoms with E-state index in [2.05, 4.69) is 112 Å². The molecule has 0 saturated heterocycles. The van der Waals surface area contributed by atoms with Gasteiger partial charge in [0.15, 0.2) is 0 Å². The first-order valence-electron chi connectivity index (χ1n) is 14.5. The summed E-state index contributed by atoms with van der Waals surface area (Å²) in [7, 11) is 0. The van der Waals surface area contributed by atoms with Gasteiger partial charge in [-0.05, 0) is 54.8 Å². The minimum Gasteiger partial charge on any atom is -0.493 e. The van der Waals surface area contributed by atoms with Crippen LogP contribution in [0.5, 0.6) is 5.75 Å². The van der Waals surface area contributed by atoms with Crippen molar-refractivity contribution in [3.8, 4) is 5.75 Å². The van der Waals surface area contributed by atoms with Crippen LogP contribution in [0, 0.1) is 31.9 Å². The van der Waals surface area contributed by atoms with Crippen LogP contribution in [0.15, 0.2) is 91.3 Å². The molecule has 0 saturated carbocycles. The maximum absolute atomic E-state index is 6.00. The molecule has 1 radical (unpaired) electrons. The smallest absolute Gasteiger partial charge is 0.119 e. The number of imidazole rings is 2. The van der Waals surface area contributed by atoms with Gasteiger partial charge in [0, 0.05) is 54.9 Å². The molecule has 43 heavy (non-hydrogen) atoms. The molecule has 217 valence electrons. The minimum atomic E-state index is 0. The van der Waals surface area contributed by atoms with Crippen LogP contribution in [0.2, 0.25) is 0 Å². The Kier molecular flexibility index (Phi) is 7.91. The van der Waals surface area contributed by atoms with Crippen LogP contribution in [0.3, 0.4) is 0 Å². The maximum atomic E-state index is 6.00. The predicted molar refractivity (Wildman–Crippen MR) is 173 cm³/mol. The van der Waals surface area contributed by atoms with Crippen LogP contribution in [-0.2, 0) is 20.1 Å². The van der Waals surface area contributed by atoms with Crippen LogP contribution in [0.25, 0.3) is 54.6 Å². The summed E-state index contributed by atoms with van der Waals surface area (Å²) in [6, 6.07) is 33.6. The number of nitrogens with zero attached hydrogens (tertiary/aromatic N) is 4. The standard InChI is InChI=1S/C21H21N2O.C16H11N2.Ir/c1-4-14(2)13-24-16-9-10-20-19(11-16)17-7-5-6-8-18(17)21-22-15(3)12-23(20)21;1-11-10-18-15-9-5-4-7-13(15)12-6-2-3-8-14(12)16(18)17-11;/h5-7,9-12,14H,4,13H2,1-3H3;2-7,9-10H,1H3;/q2*-1;. The van der Waals surface area contributed by atoms with Gasteiger partial charge in [-0.1, -0.05) is 49.2 Å². The van der Waals surface area contributed by atoms with E-state index in [0.717, 1.165) is 57.7 Å². The number of fused-ring (bicyclic) bond motifs is 12. The molecule has 1 atom stereocenters. The average Bonchev–Trinajstić information content (AvgIpc) is 3.63. The van der Waals surface area contributed by atoms with Gasteiger partial charge < -0.3 is 13.5 Å². The van der Waals surface area contributed by atoms with E-state index in [9.17, 15) is 0 Å². The van der Waals surface area contributed by atoms with E-state index in [0.29, 0.717) is 5.92 Å². The van der Waals surface area contributed by atoms with Crippen molar-refractivity contribution < 1.29 is 24.8 Å². The van der Waals surface area contributed by atoms with Crippen molar-refractivity contribution in [1.82, 2.24) is 18.8 Å². The van der Waals surface area contributed by atoms with Crippen molar-refractivity contribution in [3.63, 3.8) is 0 Å². The molecule has 0 bridgehead atoms. The summed E-state index contributed by atoms with van der Waals surface area (Å²) in [5.41, 5.74) is 6.34. The van der Waals surface area contributed by atoms with Crippen LogP contribution >= 0.6 is 0 Å². The van der Waals surface area contributed by atoms with Gasteiger partial charge in [0.1, 0.15) is 5.75 Å². The fraction of sp³-hybridized carbons (Fsp3) is 0.189. The SMILES string of the molecule is CCC(C)COc1ccc2c(c1)c1ccc[c-]c1c1nc(C)cn21.Cc1cn2c3ccccc3c3ccc[c-]c3c2n1.[Ir]. The second-order valence-corrected chi connectivity index (χ2v) is 11.1. The molecule has 6 heteroatoms. The van der Waals surface area contributed by atoms with E-state index < -0.39 is 0 Å². The van der Waals surface area contributed by atoms with E-state index in [1.54, 1.807) is 0 Å². The summed E-state index contributed by atoms with van der Waals surface area (Å²) < 4.78 is 10.3. The quantitative estimate of drug-likeness (QED) is 0.134. The Morgan fingerprint density at radius 1 is 0.721 bits per heavy atom. The van der Waals surface area contributed by atoms with Crippen molar-refractivity contribution in [2.75, 3.05) is 6.61 Å². The van der Waals surface area contributed by atoms with Gasteiger partial charge in [-0.25, -0.2) is 0 Å². The van der Waals surface area contributed by atoms with Crippen molar-refractivity contribution in [2.45, 2.75) is 34.1 Å². The Labute approximate surface area is 264 Å². The third-order valence-corrected chi connectivity index (χ3v) is 8.02. The third kappa shape index (κ3) is 5.15. The molecule has 8 rings (SSSR count). The fourth-order valence-electron chi connectivity index (χ4n) is 5.71. The molecule has 0 N–H and O–H groups in total. The zero-order valence-corrected chi connectivity index (χ0v) is 27.1. The maximum Gasteiger partial charge on any atom is 0.119 e. The molecule has 0 aliphatic carbocycles. The summed E-state index contributed by atoms with van der Waals surface area (Å²) >= 11 is 0. The molecule has 1 unspecified atom stereocenters. The summed E-state index contributed by atoms with van der Waals surface area (Å²) in [5.74, 6) is 1.48. The first kappa shape index (κ1) is 28.8. The molecule has 0 amide bonds. The van der Waals surface area contributed by atoms with Gasteiger partial charge in [0.25, 0.3) is 0 Å². The topological polar surface area (TPSA) is 43.8 Å². The monoisotopic (exact) mass is 741 g/mol. The number of rotatable bonds is 4. The second-order valence-electron chi connectivity index (χ2n) is 11.1. The number of hydrogen-bond donors (Lipinski definition) is 0. The fourth-order valence-corrected chi connectivity index (χ4v) is 5.71. The average molecular weight is 741 g/mol. The van der Waals surface area contributed by atoms with E-state index in [1.807, 2.05) is 38.1 Å². The molecule has 0 fully saturated rings. The Hall–Kier alpha value is -4.25. The van der Waals surface area contributed by atoms with E-state index in [1.165, 1.54) is 27.1 Å². The Bertz CT molecular complexity index is 2170. The summed E-state index contributed by atoms with van der Waals surface area (Å²) in [4.78, 5) is 9.31. The zero-order valence-electron chi connectivity index (χ0n) is 24.7. The van der Waals surface area contributed by atoms with Gasteiger partial charge in [-0.15, -0.1) is 59.3 Å². The Balaban J connectivity index is 0.000000155. The van der Waals surface area contributed by atoms with Crippen LogP contribution in [0.4, 0.5) is 0 Å². The van der Waals surface area contributed by atoms with Gasteiger partial charge in [-0.2, -0.15) is 0 Å². The van der Waals surface area contributed by atoms with Crippen molar-refractivity contribution >= 4 is 54.6 Å². The molecule has 4 heterocycles. The summed E-state index contributed by atoms with van der Waals surface area (Å²) in [5, 5.41) is 6.94. The van der Waals surface area contributed by atoms with Gasteiger partial charge in [-0.3, -0.25) is 9.97 Å². The third-order valence-electron chi connectivity index (χ3n) is 8.02. The van der Waals surface area contributed by atoms with Crippen molar-refractivity contribution in [2.24, 2.45) is 5.92 Å². The first-order valence-corrected chi connectivity index (χ1v) is 14.5. The number of para-hydroxylation sites is 1. The van der Waals surface area contributed by atoms with E-state index >= 15 is 0 Å². The molecule has 5 nitrogen and oxygen atoms in total. The normalized spacial score (nSPS) is 12.1. The number of pyridine rings is 2. The Morgan fingerprint density at radius 3 is 1.91 bits per heavy atom. The molecule has 0 spiro atoms. The van der Waals surface area contributed by atoms with Crippen LogP contribution in [0.1, 0.15) is 31.7 Å². The van der Waals surface area contributed by atoms with Crippen molar-refractivity contribution in [1.29, 1.82) is 0 Å². The molecular formula is C37H32IrN4O-2. The number of aryl methyl sites for hydroxylation is 2. The van der Waals surface area contributed by atoms with Gasteiger partial charge in [0.05, 0.1) is 17.9 Å². The molecule has 4 aromatic heterocycles. The summed E-state index contributed by atoms with van der Waals surface area (Å²) in [6.45, 7) is 9.20. The van der Waals surface area contributed by atoms with Crippen LogP contribution < -0.4 is 4.74 Å². The van der Waals surface area contributed by atoms with Crippen LogP contribution in [-0.4, -0.2) is 25.4 Å². The Morgan fingerprint density at radius 2 is 1.28 bits per heavy atom. The van der Waals surface area contributed by atoms with E-state index in [-0.39, 0.29) is 20.1 Å². The van der Waals surface area contributed by atoms with Crippen molar-refractivity contribution in [3.05, 3.63) is 115 Å². The van der Waals surface area contributed by atoms with Gasteiger partial charge >= 0.3 is 0 Å².